The highest BCUT2D eigenvalue weighted by Crippen LogP contribution is 2.64. The van der Waals surface area contributed by atoms with Crippen LogP contribution in [0.3, 0.4) is 0 Å². The Balaban J connectivity index is 0.969. The normalized spacial score (nSPS) is 28.9. The summed E-state index contributed by atoms with van der Waals surface area (Å²) in [4.78, 5) is 27.2. The quantitative estimate of drug-likeness (QED) is 0.0455. The Labute approximate surface area is 360 Å². The third kappa shape index (κ3) is 10.4. The van der Waals surface area contributed by atoms with Crippen molar-refractivity contribution in [3.8, 4) is 0 Å². The summed E-state index contributed by atoms with van der Waals surface area (Å²) >= 11 is 0.759. The average molecular weight is 940 g/mol. The van der Waals surface area contributed by atoms with Crippen LogP contribution >= 0.6 is 26.4 Å². The molecule has 0 aliphatic carbocycles. The molecule has 5 aromatic rings. The molecule has 4 N–H and O–H groups in total. The fourth-order valence-corrected chi connectivity index (χ4v) is 11.1. The van der Waals surface area contributed by atoms with Gasteiger partial charge in [-0.05, 0) is 28.0 Å². The lowest BCUT2D eigenvalue weighted by atomic mass is 10.1. The van der Waals surface area contributed by atoms with Crippen molar-refractivity contribution in [2.75, 3.05) is 64.3 Å². The molecule has 0 amide bonds. The first kappa shape index (κ1) is 45.1. The molecule has 338 valence electrons. The second-order valence-corrected chi connectivity index (χ2v) is 19.0. The summed E-state index contributed by atoms with van der Waals surface area (Å²) in [5, 5.41) is 3.39. The molecule has 3 aliphatic rings. The number of aromatic nitrogens is 8. The van der Waals surface area contributed by atoms with Gasteiger partial charge in [-0.15, -0.1) is 0 Å². The van der Waals surface area contributed by atoms with E-state index in [1.807, 2.05) is 12.1 Å². The van der Waals surface area contributed by atoms with Gasteiger partial charge in [-0.25, -0.2) is 43.2 Å². The van der Waals surface area contributed by atoms with Crippen LogP contribution in [0.2, 0.25) is 0 Å². The Morgan fingerprint density at radius 1 is 0.825 bits per heavy atom. The van der Waals surface area contributed by atoms with Gasteiger partial charge < -0.3 is 44.2 Å². The van der Waals surface area contributed by atoms with Gasteiger partial charge in [-0.3, -0.25) is 22.7 Å². The molecule has 1 aromatic carbocycles. The summed E-state index contributed by atoms with van der Waals surface area (Å²) in [6, 6.07) is 7.25. The number of ether oxygens (including phenoxy) is 5. The van der Waals surface area contributed by atoms with Gasteiger partial charge in [0.15, 0.2) is 47.7 Å². The molecule has 8 rings (SSSR count). The number of halogens is 2. The van der Waals surface area contributed by atoms with Gasteiger partial charge in [0.2, 0.25) is 0 Å². The van der Waals surface area contributed by atoms with Crippen LogP contribution in [0.15, 0.2) is 54.7 Å². The minimum atomic E-state index is -4.44. The second kappa shape index (κ2) is 20.6. The van der Waals surface area contributed by atoms with Crippen LogP contribution in [-0.2, 0) is 63.3 Å². The van der Waals surface area contributed by atoms with E-state index in [1.165, 1.54) is 34.4 Å². The molecule has 0 radical (unpaired) electrons. The number of imidazole rings is 2. The van der Waals surface area contributed by atoms with Gasteiger partial charge in [-0.1, -0.05) is 29.4 Å². The Kier molecular flexibility index (Phi) is 14.7. The number of nitrogens with two attached hydrogens (primary N) is 2. The van der Waals surface area contributed by atoms with Crippen molar-refractivity contribution < 1.29 is 59.7 Å². The highest BCUT2D eigenvalue weighted by molar-refractivity contribution is 8.54. The predicted molar refractivity (Wildman–Crippen MR) is 218 cm³/mol. The number of benzene rings is 1. The lowest BCUT2D eigenvalue weighted by Crippen LogP contribution is -2.36. The maximum atomic E-state index is 16.7. The first-order valence-corrected chi connectivity index (χ1v) is 23.7. The fraction of sp³-hybridized carbons (Fsp3) is 0.529. The molecule has 2 unspecified atom stereocenters. The number of azide groups is 1. The summed E-state index contributed by atoms with van der Waals surface area (Å²) in [5.41, 5.74) is 22.4. The van der Waals surface area contributed by atoms with Gasteiger partial charge in [0.25, 0.3) is 0 Å². The highest BCUT2D eigenvalue weighted by Gasteiger charge is 2.54. The van der Waals surface area contributed by atoms with E-state index in [0.29, 0.717) is 45.2 Å². The van der Waals surface area contributed by atoms with Gasteiger partial charge in [0.05, 0.1) is 65.5 Å². The standard InChI is InChI=1S/C34H41F2N13O11P2S/c35-23-27-22(58-33(23)48-17-44-25-29(37)40-15-42-31(25)48)13-56-62(51,63-14-20-3-1-19(2-4-20)11-54-10-9-53-8-7-52-6-5-46-47-39)60-28-21(12-55-61(50)59-27)57-34(24(28)36)49-18-45-26-30(38)41-16-43-32(26)49/h1-4,15-18,21-24,27-28,33-34,61H,5-14H2,(H2,37,40,42)(H2,38,41,43)/t21-,22-,23-,24-,27-,28-,33-,34-,62?/m1/s1. The van der Waals surface area contributed by atoms with E-state index in [4.69, 9.17) is 58.8 Å². The van der Waals surface area contributed by atoms with Crippen molar-refractivity contribution in [1.82, 2.24) is 39.0 Å². The number of alkyl halides is 2. The highest BCUT2D eigenvalue weighted by atomic mass is 32.7. The molecule has 7 heterocycles. The van der Waals surface area contributed by atoms with E-state index in [2.05, 4.69) is 39.9 Å². The lowest BCUT2D eigenvalue weighted by molar-refractivity contribution is -0.0539. The molecule has 3 aliphatic heterocycles. The Bertz CT molecular complexity index is 2470. The van der Waals surface area contributed by atoms with E-state index >= 15 is 8.78 Å². The molecule has 4 aromatic heterocycles. The maximum absolute atomic E-state index is 16.7. The fourth-order valence-electron chi connectivity index (χ4n) is 6.86. The molecule has 10 atom stereocenters. The summed E-state index contributed by atoms with van der Waals surface area (Å²) in [7, 11) is -3.52. The number of nitrogen functional groups attached to an aromatic ring is 2. The van der Waals surface area contributed by atoms with E-state index in [9.17, 15) is 9.13 Å². The number of rotatable bonds is 16. The molecule has 3 saturated heterocycles. The summed E-state index contributed by atoms with van der Waals surface area (Å²) < 4.78 is 116. The molecule has 0 spiro atoms. The molecular weight excluding hydrogens is 898 g/mol. The Morgan fingerprint density at radius 3 is 2.03 bits per heavy atom. The van der Waals surface area contributed by atoms with Gasteiger partial charge >= 0.3 is 15.1 Å². The third-order valence-electron chi connectivity index (χ3n) is 9.93. The predicted octanol–water partition coefficient (Wildman–Crippen LogP) is 4.41. The summed E-state index contributed by atoms with van der Waals surface area (Å²) in [6.45, 7) is -3.38. The van der Waals surface area contributed by atoms with Crippen LogP contribution in [0, 0.1) is 0 Å². The average Bonchev–Trinajstić information content (AvgIpc) is 4.05. The van der Waals surface area contributed by atoms with Crippen molar-refractivity contribution >= 4 is 60.4 Å². The minimum absolute atomic E-state index is 0.0492. The smallest absolute Gasteiger partial charge is 0.382 e. The van der Waals surface area contributed by atoms with E-state index in [0.717, 1.165) is 16.9 Å². The zero-order chi connectivity index (χ0) is 43.9. The van der Waals surface area contributed by atoms with Crippen LogP contribution < -0.4 is 11.5 Å². The van der Waals surface area contributed by atoms with Crippen molar-refractivity contribution in [2.45, 2.75) is 61.6 Å². The number of hydrogen-bond acceptors (Lipinski definition) is 21. The molecule has 0 bridgehead atoms. The van der Waals surface area contributed by atoms with Crippen molar-refractivity contribution in [3.05, 3.63) is 71.1 Å². The van der Waals surface area contributed by atoms with E-state index < -0.39 is 77.5 Å². The van der Waals surface area contributed by atoms with Gasteiger partial charge in [0.1, 0.15) is 48.1 Å². The largest absolute Gasteiger partial charge is 0.389 e. The Morgan fingerprint density at radius 2 is 1.40 bits per heavy atom. The minimum Gasteiger partial charge on any atom is -0.382 e. The molecule has 0 saturated carbocycles. The zero-order valence-electron chi connectivity index (χ0n) is 33.0. The molecule has 3 fully saturated rings. The first-order valence-electron chi connectivity index (χ1n) is 19.3. The zero-order valence-corrected chi connectivity index (χ0v) is 35.7. The molecular formula is C34H41F2N13O11P2S. The SMILES string of the molecule is [N-]=[N+]=NCCOCCOCCOCc1ccc(CSP2(=O)OC[C@H]3O[C@@H](n4cnc5c(N)ncnc54)[C@H](F)[C@@H]3O[PH](=O)OC[C@H]3O[C@@H](n4cnc5c(N)ncnc54)[C@H](F)[C@@H]3O2)cc1. The molecule has 24 nitrogen and oxygen atoms in total. The van der Waals surface area contributed by atoms with Gasteiger partial charge in [-0.2, -0.15) is 0 Å². The van der Waals surface area contributed by atoms with E-state index in [1.54, 1.807) is 12.1 Å². The van der Waals surface area contributed by atoms with Crippen LogP contribution in [0.25, 0.3) is 32.8 Å². The number of fused-ring (bicyclic) bond motifs is 4. The van der Waals surface area contributed by atoms with Crippen LogP contribution in [0.5, 0.6) is 0 Å². The first-order chi connectivity index (χ1) is 30.6. The third-order valence-corrected chi connectivity index (χ3v) is 14.4. The maximum Gasteiger partial charge on any atom is 0.389 e. The lowest BCUT2D eigenvalue weighted by Gasteiger charge is -2.28. The van der Waals surface area contributed by atoms with Crippen molar-refractivity contribution in [2.24, 2.45) is 5.11 Å². The van der Waals surface area contributed by atoms with Crippen LogP contribution in [0.4, 0.5) is 20.4 Å². The van der Waals surface area contributed by atoms with Crippen LogP contribution in [-0.4, -0.2) is 129 Å². The van der Waals surface area contributed by atoms with Crippen molar-refractivity contribution in [1.29, 1.82) is 0 Å². The number of anilines is 2. The molecule has 63 heavy (non-hydrogen) atoms. The number of nitrogens with zero attached hydrogens (tertiary/aromatic N) is 11. The second-order valence-electron chi connectivity index (χ2n) is 14.0. The van der Waals surface area contributed by atoms with Crippen molar-refractivity contribution in [3.63, 3.8) is 0 Å². The summed E-state index contributed by atoms with van der Waals surface area (Å²) in [6.07, 6.45) is -7.92. The van der Waals surface area contributed by atoms with Crippen LogP contribution in [0.1, 0.15) is 23.6 Å². The Hall–Kier alpha value is -4.46. The number of hydrogen-bond donors (Lipinski definition) is 2. The van der Waals surface area contributed by atoms with E-state index in [-0.39, 0.29) is 46.3 Å². The topological polar surface area (TPSA) is 305 Å². The van der Waals surface area contributed by atoms with Gasteiger partial charge in [0, 0.05) is 17.2 Å². The monoisotopic (exact) mass is 939 g/mol. The summed E-state index contributed by atoms with van der Waals surface area (Å²) in [5.74, 6) is 0.161. The molecule has 29 heteroatoms.